The number of carbonyl (C=O) groups excluding carboxylic acids is 1. The lowest BCUT2D eigenvalue weighted by molar-refractivity contribution is -0.137. The lowest BCUT2D eigenvalue weighted by Crippen LogP contribution is -2.25. The van der Waals surface area contributed by atoms with Crippen LogP contribution in [0.3, 0.4) is 0 Å². The quantitative estimate of drug-likeness (QED) is 0.795. The number of carboxylic acids is 1. The second kappa shape index (κ2) is 7.17. The monoisotopic (exact) mass is 260 g/mol. The molecule has 1 rings (SSSR count). The van der Waals surface area contributed by atoms with E-state index >= 15 is 0 Å². The molecule has 0 aromatic heterocycles. The van der Waals surface area contributed by atoms with Crippen LogP contribution in [-0.2, 0) is 9.59 Å². The summed E-state index contributed by atoms with van der Waals surface area (Å²) in [4.78, 5) is 23.7. The molecular formula is C14H16N2O3. The van der Waals surface area contributed by atoms with Gasteiger partial charge in [-0.2, -0.15) is 5.26 Å². The van der Waals surface area contributed by atoms with Crippen LogP contribution in [0.5, 0.6) is 0 Å². The predicted molar refractivity (Wildman–Crippen MR) is 70.7 cm³/mol. The minimum Gasteiger partial charge on any atom is -0.481 e. The van der Waals surface area contributed by atoms with Crippen molar-refractivity contribution in [3.8, 4) is 6.07 Å². The summed E-state index contributed by atoms with van der Waals surface area (Å²) in [5.74, 6) is -0.928. The van der Waals surface area contributed by atoms with Crippen LogP contribution in [0.15, 0.2) is 24.3 Å². The maximum Gasteiger partial charge on any atom is 0.303 e. The highest BCUT2D eigenvalue weighted by molar-refractivity contribution is 5.92. The average Bonchev–Trinajstić information content (AvgIpc) is 2.42. The lowest BCUT2D eigenvalue weighted by Gasteiger charge is -2.17. The molecular weight excluding hydrogens is 244 g/mol. The number of carbonyl (C=O) groups is 2. The fraction of sp³-hybridized carbons (Fsp3) is 0.357. The molecule has 0 bridgehead atoms. The molecule has 0 spiro atoms. The number of aliphatic carboxylic acids is 1. The smallest absolute Gasteiger partial charge is 0.303 e. The van der Waals surface area contributed by atoms with E-state index in [1.165, 1.54) is 4.90 Å². The Morgan fingerprint density at radius 1 is 1.32 bits per heavy atom. The van der Waals surface area contributed by atoms with Gasteiger partial charge >= 0.3 is 5.97 Å². The Morgan fingerprint density at radius 3 is 2.63 bits per heavy atom. The van der Waals surface area contributed by atoms with E-state index in [1.54, 1.807) is 31.3 Å². The van der Waals surface area contributed by atoms with E-state index in [1.807, 2.05) is 6.07 Å². The number of carboxylic acid groups (broad SMARTS) is 1. The van der Waals surface area contributed by atoms with Gasteiger partial charge in [0.25, 0.3) is 0 Å². The largest absolute Gasteiger partial charge is 0.481 e. The van der Waals surface area contributed by atoms with Gasteiger partial charge in [-0.25, -0.2) is 0 Å². The normalized spacial score (nSPS) is 9.68. The molecule has 1 amide bonds. The topological polar surface area (TPSA) is 81.4 Å². The summed E-state index contributed by atoms with van der Waals surface area (Å²) in [6.07, 6.45) is 1.43. The van der Waals surface area contributed by atoms with Gasteiger partial charge < -0.3 is 10.0 Å². The number of nitriles is 1. The molecule has 0 saturated carbocycles. The van der Waals surface area contributed by atoms with Gasteiger partial charge in [0.2, 0.25) is 5.91 Å². The van der Waals surface area contributed by atoms with Crippen molar-refractivity contribution in [2.24, 2.45) is 0 Å². The van der Waals surface area contributed by atoms with Gasteiger partial charge in [0.1, 0.15) is 0 Å². The van der Waals surface area contributed by atoms with Crippen molar-refractivity contribution in [2.45, 2.75) is 25.7 Å². The van der Waals surface area contributed by atoms with Crippen LogP contribution in [0.2, 0.25) is 0 Å². The summed E-state index contributed by atoms with van der Waals surface area (Å²) in [5, 5.41) is 17.3. The molecule has 5 heteroatoms. The maximum atomic E-state index is 11.9. The van der Waals surface area contributed by atoms with E-state index in [0.29, 0.717) is 30.5 Å². The number of benzene rings is 1. The first-order valence-electron chi connectivity index (χ1n) is 6.03. The zero-order valence-corrected chi connectivity index (χ0v) is 10.8. The summed E-state index contributed by atoms with van der Waals surface area (Å²) in [7, 11) is 1.65. The molecule has 5 nitrogen and oxygen atoms in total. The van der Waals surface area contributed by atoms with E-state index < -0.39 is 5.97 Å². The average molecular weight is 260 g/mol. The zero-order chi connectivity index (χ0) is 14.3. The van der Waals surface area contributed by atoms with E-state index in [-0.39, 0.29) is 12.3 Å². The van der Waals surface area contributed by atoms with Crippen molar-refractivity contribution < 1.29 is 14.7 Å². The van der Waals surface area contributed by atoms with Crippen molar-refractivity contribution in [2.75, 3.05) is 11.9 Å². The molecule has 100 valence electrons. The van der Waals surface area contributed by atoms with Crippen LogP contribution < -0.4 is 4.90 Å². The summed E-state index contributed by atoms with van der Waals surface area (Å²) < 4.78 is 0. The fourth-order valence-electron chi connectivity index (χ4n) is 1.65. The molecule has 1 aromatic carbocycles. The van der Waals surface area contributed by atoms with Gasteiger partial charge in [-0.1, -0.05) is 6.07 Å². The van der Waals surface area contributed by atoms with Crippen molar-refractivity contribution >= 4 is 17.6 Å². The van der Waals surface area contributed by atoms with Gasteiger partial charge in [0.05, 0.1) is 11.6 Å². The van der Waals surface area contributed by atoms with Crippen LogP contribution in [-0.4, -0.2) is 24.0 Å². The second-order valence-corrected chi connectivity index (χ2v) is 4.22. The first kappa shape index (κ1) is 14.7. The lowest BCUT2D eigenvalue weighted by atomic mass is 10.1. The third-order valence-corrected chi connectivity index (χ3v) is 2.77. The molecule has 0 aliphatic rings. The van der Waals surface area contributed by atoms with Crippen molar-refractivity contribution in [3.05, 3.63) is 29.8 Å². The number of hydrogen-bond donors (Lipinski definition) is 1. The molecule has 0 fully saturated rings. The first-order valence-corrected chi connectivity index (χ1v) is 6.03. The van der Waals surface area contributed by atoms with Crippen molar-refractivity contribution in [1.82, 2.24) is 0 Å². The van der Waals surface area contributed by atoms with E-state index in [4.69, 9.17) is 10.4 Å². The number of nitrogens with zero attached hydrogens (tertiary/aromatic N) is 2. The number of anilines is 1. The third kappa shape index (κ3) is 4.80. The van der Waals surface area contributed by atoms with Crippen LogP contribution in [0.25, 0.3) is 0 Å². The third-order valence-electron chi connectivity index (χ3n) is 2.77. The van der Waals surface area contributed by atoms with Crippen molar-refractivity contribution in [1.29, 1.82) is 5.26 Å². The SMILES string of the molecule is CN(C(=O)CCCCC(=O)O)c1cccc(C#N)c1. The zero-order valence-electron chi connectivity index (χ0n) is 10.8. The fourth-order valence-corrected chi connectivity index (χ4v) is 1.65. The Kier molecular flexibility index (Phi) is 5.55. The van der Waals surface area contributed by atoms with Crippen molar-refractivity contribution in [3.63, 3.8) is 0 Å². The first-order chi connectivity index (χ1) is 9.04. The highest BCUT2D eigenvalue weighted by atomic mass is 16.4. The van der Waals surface area contributed by atoms with Gasteiger partial charge in [0, 0.05) is 25.6 Å². The summed E-state index contributed by atoms with van der Waals surface area (Å²) in [5.41, 5.74) is 1.17. The van der Waals surface area contributed by atoms with Crippen LogP contribution in [0.1, 0.15) is 31.2 Å². The van der Waals surface area contributed by atoms with Crippen LogP contribution in [0.4, 0.5) is 5.69 Å². The molecule has 0 heterocycles. The summed E-state index contributed by atoms with van der Waals surface area (Å²) in [6.45, 7) is 0. The van der Waals surface area contributed by atoms with E-state index in [2.05, 4.69) is 0 Å². The highest BCUT2D eigenvalue weighted by Crippen LogP contribution is 2.16. The van der Waals surface area contributed by atoms with Gasteiger partial charge in [-0.05, 0) is 31.0 Å². The summed E-state index contributed by atoms with van der Waals surface area (Å²) >= 11 is 0. The molecule has 0 saturated heterocycles. The Labute approximate surface area is 112 Å². The molecule has 0 radical (unpaired) electrons. The molecule has 1 aromatic rings. The molecule has 0 aliphatic carbocycles. The number of rotatable bonds is 6. The van der Waals surface area contributed by atoms with Gasteiger partial charge in [0.15, 0.2) is 0 Å². The maximum absolute atomic E-state index is 11.9. The minimum absolute atomic E-state index is 0.0829. The molecule has 0 unspecified atom stereocenters. The van der Waals surface area contributed by atoms with E-state index in [0.717, 1.165) is 0 Å². The van der Waals surface area contributed by atoms with E-state index in [9.17, 15) is 9.59 Å². The number of hydrogen-bond acceptors (Lipinski definition) is 3. The standard InChI is InChI=1S/C14H16N2O3/c1-16(12-6-4-5-11(9-12)10-15)13(17)7-2-3-8-14(18)19/h4-6,9H,2-3,7-8H2,1H3,(H,18,19). The molecule has 19 heavy (non-hydrogen) atoms. The van der Waals surface area contributed by atoms with Crippen LogP contribution >= 0.6 is 0 Å². The minimum atomic E-state index is -0.845. The van der Waals surface area contributed by atoms with Gasteiger partial charge in [-0.15, -0.1) is 0 Å². The number of unbranched alkanes of at least 4 members (excludes halogenated alkanes) is 1. The van der Waals surface area contributed by atoms with Crippen LogP contribution in [0, 0.1) is 11.3 Å². The number of amides is 1. The molecule has 0 aliphatic heterocycles. The Bertz CT molecular complexity index is 506. The highest BCUT2D eigenvalue weighted by Gasteiger charge is 2.11. The van der Waals surface area contributed by atoms with Gasteiger partial charge in [-0.3, -0.25) is 9.59 Å². The Hall–Kier alpha value is -2.35. The Balaban J connectivity index is 2.52. The summed E-state index contributed by atoms with van der Waals surface area (Å²) in [6, 6.07) is 8.83. The second-order valence-electron chi connectivity index (χ2n) is 4.22. The predicted octanol–water partition coefficient (Wildman–Crippen LogP) is 2.17. The Morgan fingerprint density at radius 2 is 2.00 bits per heavy atom. The molecule has 0 atom stereocenters. The molecule has 1 N–H and O–H groups in total.